The van der Waals surface area contributed by atoms with Gasteiger partial charge in [-0.1, -0.05) is 65.1 Å². The second-order valence-electron chi connectivity index (χ2n) is 9.22. The number of benzene rings is 2. The molecule has 2 aliphatic carbocycles. The van der Waals surface area contributed by atoms with Crippen LogP contribution in [-0.2, 0) is 9.63 Å². The Morgan fingerprint density at radius 3 is 2.44 bits per heavy atom. The van der Waals surface area contributed by atoms with E-state index in [1.165, 1.54) is 0 Å². The summed E-state index contributed by atoms with van der Waals surface area (Å²) < 4.78 is 0.871. The summed E-state index contributed by atoms with van der Waals surface area (Å²) in [5, 5.41) is 8.16. The molecule has 5 nitrogen and oxygen atoms in total. The summed E-state index contributed by atoms with van der Waals surface area (Å²) in [7, 11) is 0. The fourth-order valence-electron chi connectivity index (χ4n) is 5.09. The topological polar surface area (TPSA) is 67.8 Å². The lowest BCUT2D eigenvalue weighted by Crippen LogP contribution is -2.43. The first-order valence-corrected chi connectivity index (χ1v) is 11.9. The molecule has 2 aliphatic rings. The normalized spacial score (nSPS) is 26.9. The monoisotopic (exact) mass is 536 g/mol. The number of nitrogens with zero attached hydrogens (tertiary/aromatic N) is 1. The first kappa shape index (κ1) is 23.3. The molecule has 0 saturated heterocycles. The second-order valence-corrected chi connectivity index (χ2v) is 11.0. The van der Waals surface area contributed by atoms with Gasteiger partial charge in [-0.3, -0.25) is 4.79 Å². The summed E-state index contributed by atoms with van der Waals surface area (Å²) in [5.74, 6) is -0.654. The van der Waals surface area contributed by atoms with Gasteiger partial charge >= 0.3 is 5.97 Å². The Hall–Kier alpha value is -1.89. The molecule has 4 rings (SSSR count). The van der Waals surface area contributed by atoms with Gasteiger partial charge in [-0.05, 0) is 60.7 Å². The standard InChI is InChI=1S/C24H23BrCl2N2O3/c1-22(2)23(3)10-11-24(22,21(31)28-18-12-16(26)8-9-17(18)27)13-19(23)29-32-20(30)14-4-6-15(25)7-5-14/h4-9,12H,10-11,13H2,1-3H3,(H,28,31). The van der Waals surface area contributed by atoms with Gasteiger partial charge in [0.05, 0.1) is 27.4 Å². The number of amides is 1. The molecular weight excluding hydrogens is 515 g/mol. The van der Waals surface area contributed by atoms with Crippen LogP contribution in [0.2, 0.25) is 10.0 Å². The van der Waals surface area contributed by atoms with Gasteiger partial charge < -0.3 is 10.2 Å². The number of fused-ring (bicyclic) bond motifs is 2. The number of halogens is 3. The lowest BCUT2D eigenvalue weighted by molar-refractivity contribution is -0.130. The molecule has 2 aromatic rings. The fraction of sp³-hybridized carbons (Fsp3) is 0.375. The number of hydrogen-bond acceptors (Lipinski definition) is 4. The molecule has 2 atom stereocenters. The average molecular weight is 538 g/mol. The van der Waals surface area contributed by atoms with E-state index in [9.17, 15) is 9.59 Å². The minimum Gasteiger partial charge on any atom is -0.324 e. The van der Waals surface area contributed by atoms with E-state index in [2.05, 4.69) is 47.2 Å². The number of oxime groups is 1. The lowest BCUT2D eigenvalue weighted by atomic mass is 9.64. The molecule has 2 fully saturated rings. The third kappa shape index (κ3) is 3.57. The Labute approximate surface area is 205 Å². The van der Waals surface area contributed by atoms with Crippen LogP contribution in [0.25, 0.3) is 0 Å². The van der Waals surface area contributed by atoms with Gasteiger partial charge in [0.15, 0.2) is 0 Å². The quantitative estimate of drug-likeness (QED) is 0.333. The van der Waals surface area contributed by atoms with Crippen molar-refractivity contribution in [3.05, 3.63) is 62.5 Å². The van der Waals surface area contributed by atoms with E-state index in [1.54, 1.807) is 42.5 Å². The van der Waals surface area contributed by atoms with E-state index in [0.29, 0.717) is 34.1 Å². The van der Waals surface area contributed by atoms with Crippen LogP contribution in [0.3, 0.4) is 0 Å². The number of rotatable bonds is 4. The van der Waals surface area contributed by atoms with Crippen molar-refractivity contribution >= 4 is 62.4 Å². The highest BCUT2D eigenvalue weighted by Gasteiger charge is 2.71. The summed E-state index contributed by atoms with van der Waals surface area (Å²) in [6.45, 7) is 6.25. The highest BCUT2D eigenvalue weighted by atomic mass is 79.9. The van der Waals surface area contributed by atoms with Crippen LogP contribution in [0.1, 0.15) is 50.4 Å². The zero-order chi connectivity index (χ0) is 23.3. The zero-order valence-electron chi connectivity index (χ0n) is 18.0. The molecule has 0 spiro atoms. The molecule has 2 saturated carbocycles. The Morgan fingerprint density at radius 1 is 1.06 bits per heavy atom. The van der Waals surface area contributed by atoms with Gasteiger partial charge in [-0.25, -0.2) is 4.79 Å². The second kappa shape index (κ2) is 8.15. The van der Waals surface area contributed by atoms with Gasteiger partial charge in [0.2, 0.25) is 5.91 Å². The van der Waals surface area contributed by atoms with Gasteiger partial charge in [-0.2, -0.15) is 0 Å². The lowest BCUT2D eigenvalue weighted by Gasteiger charge is -2.39. The van der Waals surface area contributed by atoms with Crippen LogP contribution >= 0.6 is 39.1 Å². The Kier molecular flexibility index (Phi) is 5.93. The highest BCUT2D eigenvalue weighted by molar-refractivity contribution is 9.10. The van der Waals surface area contributed by atoms with Crippen molar-refractivity contribution in [1.29, 1.82) is 0 Å². The van der Waals surface area contributed by atoms with E-state index in [1.807, 2.05) is 0 Å². The Bertz CT molecular complexity index is 1130. The molecule has 0 aliphatic heterocycles. The summed E-state index contributed by atoms with van der Waals surface area (Å²) in [5.41, 5.74) is 0.145. The van der Waals surface area contributed by atoms with Crippen molar-refractivity contribution in [3.8, 4) is 0 Å². The molecule has 1 amide bonds. The molecule has 0 aromatic heterocycles. The molecule has 2 bridgehead atoms. The van der Waals surface area contributed by atoms with Crippen LogP contribution in [-0.4, -0.2) is 17.6 Å². The molecule has 2 unspecified atom stereocenters. The molecule has 32 heavy (non-hydrogen) atoms. The Balaban J connectivity index is 1.60. The van der Waals surface area contributed by atoms with Gasteiger partial charge in [0.25, 0.3) is 0 Å². The minimum absolute atomic E-state index is 0.125. The number of carbonyl (C=O) groups is 2. The maximum Gasteiger partial charge on any atom is 0.365 e. The fourth-order valence-corrected chi connectivity index (χ4v) is 5.69. The van der Waals surface area contributed by atoms with Crippen LogP contribution < -0.4 is 5.32 Å². The van der Waals surface area contributed by atoms with Crippen molar-refractivity contribution < 1.29 is 14.4 Å². The van der Waals surface area contributed by atoms with Crippen molar-refractivity contribution in [2.45, 2.75) is 40.0 Å². The first-order chi connectivity index (χ1) is 15.0. The molecule has 0 heterocycles. The third-order valence-electron chi connectivity index (χ3n) is 7.66. The smallest absolute Gasteiger partial charge is 0.324 e. The number of nitrogens with one attached hydrogen (secondary N) is 1. The van der Waals surface area contributed by atoms with Gasteiger partial charge in [0, 0.05) is 21.3 Å². The molecule has 168 valence electrons. The maximum absolute atomic E-state index is 13.6. The van der Waals surface area contributed by atoms with E-state index in [-0.39, 0.29) is 11.3 Å². The highest BCUT2D eigenvalue weighted by Crippen LogP contribution is 2.71. The van der Waals surface area contributed by atoms with Crippen LogP contribution in [0.4, 0.5) is 5.69 Å². The van der Waals surface area contributed by atoms with Crippen molar-refractivity contribution in [2.24, 2.45) is 21.4 Å². The molecule has 2 aromatic carbocycles. The average Bonchev–Trinajstić information content (AvgIpc) is 3.05. The predicted molar refractivity (Wildman–Crippen MR) is 130 cm³/mol. The minimum atomic E-state index is -0.698. The zero-order valence-corrected chi connectivity index (χ0v) is 21.1. The van der Waals surface area contributed by atoms with Crippen molar-refractivity contribution in [2.75, 3.05) is 5.32 Å². The van der Waals surface area contributed by atoms with E-state index in [0.717, 1.165) is 16.6 Å². The molecule has 1 N–H and O–H groups in total. The number of hydrogen-bond donors (Lipinski definition) is 1. The van der Waals surface area contributed by atoms with E-state index < -0.39 is 16.8 Å². The van der Waals surface area contributed by atoms with Crippen LogP contribution in [0.5, 0.6) is 0 Å². The number of carbonyl (C=O) groups excluding carboxylic acids is 2. The largest absolute Gasteiger partial charge is 0.365 e. The van der Waals surface area contributed by atoms with Gasteiger partial charge in [0.1, 0.15) is 0 Å². The van der Waals surface area contributed by atoms with E-state index >= 15 is 0 Å². The first-order valence-electron chi connectivity index (χ1n) is 10.3. The summed E-state index contributed by atoms with van der Waals surface area (Å²) in [6, 6.07) is 11.9. The Morgan fingerprint density at radius 2 is 1.75 bits per heavy atom. The van der Waals surface area contributed by atoms with Gasteiger partial charge in [-0.15, -0.1) is 0 Å². The van der Waals surface area contributed by atoms with Crippen LogP contribution in [0.15, 0.2) is 52.1 Å². The van der Waals surface area contributed by atoms with Crippen LogP contribution in [0, 0.1) is 16.2 Å². The van der Waals surface area contributed by atoms with E-state index in [4.69, 9.17) is 28.0 Å². The number of anilines is 1. The summed E-state index contributed by atoms with van der Waals surface area (Å²) in [6.07, 6.45) is 1.89. The van der Waals surface area contributed by atoms with Crippen molar-refractivity contribution in [3.63, 3.8) is 0 Å². The van der Waals surface area contributed by atoms with Crippen molar-refractivity contribution in [1.82, 2.24) is 0 Å². The molecule has 0 radical (unpaired) electrons. The maximum atomic E-state index is 13.6. The predicted octanol–water partition coefficient (Wildman–Crippen LogP) is 7.12. The third-order valence-corrected chi connectivity index (χ3v) is 8.76. The SMILES string of the molecule is CC12CCC(C(=O)Nc3cc(Cl)ccc3Cl)(CC1=NOC(=O)c1ccc(Br)cc1)C2(C)C. The molecular formula is C24H23BrCl2N2O3. The summed E-state index contributed by atoms with van der Waals surface area (Å²) >= 11 is 15.7. The molecule has 8 heteroatoms. The summed E-state index contributed by atoms with van der Waals surface area (Å²) in [4.78, 5) is 31.3.